The lowest BCUT2D eigenvalue weighted by Gasteiger charge is -2.36. The second kappa shape index (κ2) is 4.43. The molecule has 0 radical (unpaired) electrons. The Kier molecular flexibility index (Phi) is 3.33. The van der Waals surface area contributed by atoms with Gasteiger partial charge in [-0.2, -0.15) is 0 Å². The third-order valence-electron chi connectivity index (χ3n) is 2.72. The molecule has 0 aliphatic carbocycles. The molecule has 4 heteroatoms. The Hall–Kier alpha value is -0.450. The second-order valence-corrected chi connectivity index (χ2v) is 5.65. The van der Waals surface area contributed by atoms with Crippen molar-refractivity contribution in [2.24, 2.45) is 0 Å². The van der Waals surface area contributed by atoms with Crippen LogP contribution in [0.1, 0.15) is 25.5 Å². The molecule has 2 nitrogen and oxygen atoms in total. The minimum absolute atomic E-state index is 0.0288. The maximum atomic E-state index is 13.6. The summed E-state index contributed by atoms with van der Waals surface area (Å²) in [5.41, 5.74) is 0.580. The molecule has 0 spiro atoms. The molecule has 88 valence electrons. The van der Waals surface area contributed by atoms with E-state index in [-0.39, 0.29) is 17.5 Å². The Morgan fingerprint density at radius 2 is 2.25 bits per heavy atom. The van der Waals surface area contributed by atoms with Crippen LogP contribution in [-0.4, -0.2) is 18.7 Å². The van der Waals surface area contributed by atoms with Gasteiger partial charge in [0.15, 0.2) is 0 Å². The lowest BCUT2D eigenvalue weighted by molar-refractivity contribution is -0.0245. The summed E-state index contributed by atoms with van der Waals surface area (Å²) in [4.78, 5) is 0. The van der Waals surface area contributed by atoms with Crippen molar-refractivity contribution in [3.63, 3.8) is 0 Å². The van der Waals surface area contributed by atoms with E-state index in [0.717, 1.165) is 4.47 Å². The van der Waals surface area contributed by atoms with Crippen molar-refractivity contribution in [2.45, 2.75) is 25.5 Å². The highest BCUT2D eigenvalue weighted by molar-refractivity contribution is 9.10. The van der Waals surface area contributed by atoms with Crippen molar-refractivity contribution < 1.29 is 9.13 Å². The summed E-state index contributed by atoms with van der Waals surface area (Å²) in [5.74, 6) is -0.213. The number of hydrogen-bond donors (Lipinski definition) is 1. The first kappa shape index (κ1) is 12.0. The maximum absolute atomic E-state index is 13.6. The normalized spacial score (nSPS) is 24.4. The van der Waals surface area contributed by atoms with Gasteiger partial charge in [0.1, 0.15) is 5.82 Å². The van der Waals surface area contributed by atoms with Gasteiger partial charge >= 0.3 is 0 Å². The summed E-state index contributed by atoms with van der Waals surface area (Å²) in [7, 11) is 0. The van der Waals surface area contributed by atoms with Crippen LogP contribution in [0, 0.1) is 5.82 Å². The average Bonchev–Trinajstić information content (AvgIpc) is 2.22. The number of morpholine rings is 1. The SMILES string of the molecule is CC1(C)COC(c2cc(Br)ccc2F)CN1. The zero-order valence-electron chi connectivity index (χ0n) is 9.39. The van der Waals surface area contributed by atoms with Crippen molar-refractivity contribution in [3.05, 3.63) is 34.1 Å². The van der Waals surface area contributed by atoms with Gasteiger partial charge in [-0.3, -0.25) is 0 Å². The predicted octanol–water partition coefficient (Wildman–Crippen LogP) is 3.03. The Morgan fingerprint density at radius 1 is 1.50 bits per heavy atom. The zero-order valence-corrected chi connectivity index (χ0v) is 11.0. The third kappa shape index (κ3) is 2.62. The summed E-state index contributed by atoms with van der Waals surface area (Å²) in [5, 5.41) is 3.35. The van der Waals surface area contributed by atoms with E-state index in [1.54, 1.807) is 12.1 Å². The molecule has 1 fully saturated rings. The molecule has 1 atom stereocenters. The molecule has 1 unspecified atom stereocenters. The van der Waals surface area contributed by atoms with E-state index in [2.05, 4.69) is 35.1 Å². The quantitative estimate of drug-likeness (QED) is 0.857. The molecule has 1 aliphatic heterocycles. The van der Waals surface area contributed by atoms with Crippen LogP contribution in [0.4, 0.5) is 4.39 Å². The average molecular weight is 288 g/mol. The van der Waals surface area contributed by atoms with Gasteiger partial charge in [0.2, 0.25) is 0 Å². The summed E-state index contributed by atoms with van der Waals surface area (Å²) in [6, 6.07) is 4.93. The molecule has 0 amide bonds. The van der Waals surface area contributed by atoms with E-state index in [4.69, 9.17) is 4.74 Å². The molecule has 0 bridgehead atoms. The number of benzene rings is 1. The van der Waals surface area contributed by atoms with Crippen LogP contribution in [0.3, 0.4) is 0 Å². The number of hydrogen-bond acceptors (Lipinski definition) is 2. The first-order valence-corrected chi connectivity index (χ1v) is 6.09. The van der Waals surface area contributed by atoms with Gasteiger partial charge in [0.25, 0.3) is 0 Å². The Morgan fingerprint density at radius 3 is 2.88 bits per heavy atom. The van der Waals surface area contributed by atoms with Crippen molar-refractivity contribution in [3.8, 4) is 0 Å². The smallest absolute Gasteiger partial charge is 0.129 e. The van der Waals surface area contributed by atoms with Crippen LogP contribution < -0.4 is 5.32 Å². The molecule has 1 saturated heterocycles. The number of nitrogens with one attached hydrogen (secondary N) is 1. The van der Waals surface area contributed by atoms with Gasteiger partial charge in [0.05, 0.1) is 12.7 Å². The van der Waals surface area contributed by atoms with E-state index < -0.39 is 0 Å². The first-order chi connectivity index (χ1) is 7.48. The lowest BCUT2D eigenvalue weighted by Crippen LogP contribution is -2.50. The van der Waals surface area contributed by atoms with Crippen molar-refractivity contribution in [1.82, 2.24) is 5.32 Å². The van der Waals surface area contributed by atoms with Crippen LogP contribution in [0.5, 0.6) is 0 Å². The van der Waals surface area contributed by atoms with Gasteiger partial charge < -0.3 is 10.1 Å². The molecule has 1 N–H and O–H groups in total. The molecule has 16 heavy (non-hydrogen) atoms. The van der Waals surface area contributed by atoms with E-state index in [0.29, 0.717) is 18.7 Å². The fourth-order valence-electron chi connectivity index (χ4n) is 1.75. The predicted molar refractivity (Wildman–Crippen MR) is 64.9 cm³/mol. The standard InChI is InChI=1S/C12H15BrFNO/c1-12(2)7-16-11(6-15-12)9-5-8(13)3-4-10(9)14/h3-5,11,15H,6-7H2,1-2H3. The topological polar surface area (TPSA) is 21.3 Å². The highest BCUT2D eigenvalue weighted by Gasteiger charge is 2.29. The van der Waals surface area contributed by atoms with Gasteiger partial charge in [-0.15, -0.1) is 0 Å². The summed E-state index contributed by atoms with van der Waals surface area (Å²) >= 11 is 3.34. The van der Waals surface area contributed by atoms with Crippen LogP contribution in [-0.2, 0) is 4.74 Å². The Bertz CT molecular complexity index is 385. The fraction of sp³-hybridized carbons (Fsp3) is 0.500. The van der Waals surface area contributed by atoms with Crippen molar-refractivity contribution in [1.29, 1.82) is 0 Å². The van der Waals surface area contributed by atoms with E-state index in [1.807, 2.05) is 0 Å². The summed E-state index contributed by atoms with van der Waals surface area (Å²) in [6.45, 7) is 5.37. The first-order valence-electron chi connectivity index (χ1n) is 5.29. The van der Waals surface area contributed by atoms with Crippen molar-refractivity contribution in [2.75, 3.05) is 13.2 Å². The van der Waals surface area contributed by atoms with E-state index >= 15 is 0 Å². The van der Waals surface area contributed by atoms with Gasteiger partial charge in [0, 0.05) is 22.1 Å². The van der Waals surface area contributed by atoms with Crippen LogP contribution in [0.25, 0.3) is 0 Å². The van der Waals surface area contributed by atoms with E-state index in [1.165, 1.54) is 6.07 Å². The number of rotatable bonds is 1. The largest absolute Gasteiger partial charge is 0.370 e. The molecule has 1 aromatic rings. The molecule has 0 aromatic heterocycles. The monoisotopic (exact) mass is 287 g/mol. The van der Waals surface area contributed by atoms with Gasteiger partial charge in [-0.1, -0.05) is 15.9 Å². The van der Waals surface area contributed by atoms with Gasteiger partial charge in [-0.05, 0) is 32.0 Å². The maximum Gasteiger partial charge on any atom is 0.129 e. The lowest BCUT2D eigenvalue weighted by atomic mass is 10.0. The summed E-state index contributed by atoms with van der Waals surface area (Å²) < 4.78 is 20.2. The summed E-state index contributed by atoms with van der Waals surface area (Å²) in [6.07, 6.45) is -0.203. The van der Waals surface area contributed by atoms with Crippen LogP contribution in [0.15, 0.2) is 22.7 Å². The molecular formula is C12H15BrFNO. The fourth-order valence-corrected chi connectivity index (χ4v) is 2.13. The highest BCUT2D eigenvalue weighted by atomic mass is 79.9. The number of ether oxygens (including phenoxy) is 1. The minimum atomic E-state index is -0.213. The van der Waals surface area contributed by atoms with Gasteiger partial charge in [-0.25, -0.2) is 4.39 Å². The molecule has 1 heterocycles. The molecule has 1 aromatic carbocycles. The zero-order chi connectivity index (χ0) is 11.8. The third-order valence-corrected chi connectivity index (χ3v) is 3.21. The Labute approximate surface area is 103 Å². The van der Waals surface area contributed by atoms with Crippen LogP contribution in [0.2, 0.25) is 0 Å². The van der Waals surface area contributed by atoms with Crippen molar-refractivity contribution >= 4 is 15.9 Å². The molecule has 1 aliphatic rings. The molecular weight excluding hydrogens is 273 g/mol. The van der Waals surface area contributed by atoms with E-state index in [9.17, 15) is 4.39 Å². The molecule has 0 saturated carbocycles. The highest BCUT2D eigenvalue weighted by Crippen LogP contribution is 2.27. The minimum Gasteiger partial charge on any atom is -0.370 e. The second-order valence-electron chi connectivity index (χ2n) is 4.73. The van der Waals surface area contributed by atoms with Crippen LogP contribution >= 0.6 is 15.9 Å². The molecule has 2 rings (SSSR count). The number of halogens is 2. The Balaban J connectivity index is 2.17.